The molecule has 0 aliphatic rings. The molecule has 0 spiro atoms. The molecule has 4 rings (SSSR count). The van der Waals surface area contributed by atoms with Crippen molar-refractivity contribution in [3.63, 3.8) is 0 Å². The maximum atomic E-state index is 13.3. The van der Waals surface area contributed by atoms with Crippen LogP contribution in [-0.4, -0.2) is 32.8 Å². The zero-order chi connectivity index (χ0) is 22.5. The molecule has 0 bridgehead atoms. The number of rotatable bonds is 8. The lowest BCUT2D eigenvalue weighted by atomic mass is 10.1. The molecule has 32 heavy (non-hydrogen) atoms. The number of hydrogen-bond donors (Lipinski definition) is 0. The normalized spacial score (nSPS) is 11.1. The van der Waals surface area contributed by atoms with Gasteiger partial charge in [0, 0.05) is 13.0 Å². The Hall–Kier alpha value is -3.46. The molecule has 0 unspecified atom stereocenters. The minimum Gasteiger partial charge on any atom is -0.465 e. The Morgan fingerprint density at radius 2 is 1.91 bits per heavy atom. The van der Waals surface area contributed by atoms with Crippen LogP contribution in [-0.2, 0) is 29.9 Å². The van der Waals surface area contributed by atoms with E-state index in [1.165, 1.54) is 18.9 Å². The first kappa shape index (κ1) is 21.8. The Morgan fingerprint density at radius 1 is 1.12 bits per heavy atom. The number of fused-ring (bicyclic) bond motifs is 1. The van der Waals surface area contributed by atoms with Crippen molar-refractivity contribution in [2.75, 3.05) is 7.11 Å². The average molecular weight is 451 g/mol. The van der Waals surface area contributed by atoms with Crippen molar-refractivity contribution in [2.24, 2.45) is 0 Å². The quantitative estimate of drug-likeness (QED) is 0.228. The Labute approximate surface area is 188 Å². The number of carbonyl (C=O) groups excluding carboxylic acids is 1. The number of nitrogens with zero attached hydrogens (tertiary/aromatic N) is 4. The number of esters is 1. The summed E-state index contributed by atoms with van der Waals surface area (Å²) in [5, 5.41) is 9.00. The predicted molar refractivity (Wildman–Crippen MR) is 121 cm³/mol. The van der Waals surface area contributed by atoms with Crippen LogP contribution < -0.4 is 5.56 Å². The number of methoxy groups -OCH3 is 1. The third-order valence-corrected chi connectivity index (χ3v) is 5.91. The molecule has 0 N–H and O–H groups in total. The number of carbonyl (C=O) groups is 1. The molecule has 2 heterocycles. The molecule has 164 valence electrons. The summed E-state index contributed by atoms with van der Waals surface area (Å²) < 4.78 is 12.0. The fourth-order valence-corrected chi connectivity index (χ4v) is 4.12. The van der Waals surface area contributed by atoms with Gasteiger partial charge in [0.05, 0.1) is 29.3 Å². The van der Waals surface area contributed by atoms with Crippen LogP contribution in [0.2, 0.25) is 0 Å². The van der Waals surface area contributed by atoms with E-state index in [-0.39, 0.29) is 5.56 Å². The van der Waals surface area contributed by atoms with Crippen LogP contribution >= 0.6 is 11.8 Å². The highest BCUT2D eigenvalue weighted by molar-refractivity contribution is 7.98. The second-order valence-electron chi connectivity index (χ2n) is 7.04. The van der Waals surface area contributed by atoms with Gasteiger partial charge in [0.2, 0.25) is 11.8 Å². The Balaban J connectivity index is 1.71. The van der Waals surface area contributed by atoms with Crippen LogP contribution in [0.4, 0.5) is 0 Å². The first-order valence-electron chi connectivity index (χ1n) is 10.2. The van der Waals surface area contributed by atoms with Crippen LogP contribution in [0, 0.1) is 0 Å². The standard InChI is InChI=1S/C23H22N4O4S/c1-3-19-25-26-20(31-19)14-32-23-24-18-13-16(22(29)30-2)9-10-17(18)21(28)27(23)12-11-15-7-5-4-6-8-15/h4-10,13H,3,11-12,14H2,1-2H3. The summed E-state index contributed by atoms with van der Waals surface area (Å²) in [6, 6.07) is 14.7. The maximum Gasteiger partial charge on any atom is 0.337 e. The molecule has 2 aromatic carbocycles. The lowest BCUT2D eigenvalue weighted by molar-refractivity contribution is 0.0601. The molecule has 0 fully saturated rings. The minimum atomic E-state index is -0.478. The van der Waals surface area contributed by atoms with Gasteiger partial charge in [0.1, 0.15) is 0 Å². The van der Waals surface area contributed by atoms with E-state index < -0.39 is 5.97 Å². The third kappa shape index (κ3) is 4.72. The molecule has 0 amide bonds. The molecule has 0 radical (unpaired) electrons. The molecule has 0 saturated carbocycles. The van der Waals surface area contributed by atoms with Gasteiger partial charge in [-0.25, -0.2) is 9.78 Å². The lowest BCUT2D eigenvalue weighted by Crippen LogP contribution is -2.24. The van der Waals surface area contributed by atoms with Crippen molar-refractivity contribution in [3.8, 4) is 0 Å². The minimum absolute atomic E-state index is 0.162. The van der Waals surface area contributed by atoms with E-state index in [0.29, 0.717) is 58.5 Å². The average Bonchev–Trinajstić information content (AvgIpc) is 3.30. The van der Waals surface area contributed by atoms with Crippen molar-refractivity contribution in [1.82, 2.24) is 19.7 Å². The number of ether oxygens (including phenoxy) is 1. The van der Waals surface area contributed by atoms with Gasteiger partial charge in [-0.1, -0.05) is 49.0 Å². The van der Waals surface area contributed by atoms with Gasteiger partial charge < -0.3 is 9.15 Å². The molecule has 0 saturated heterocycles. The molecule has 0 atom stereocenters. The summed E-state index contributed by atoms with van der Waals surface area (Å²) >= 11 is 1.35. The van der Waals surface area contributed by atoms with E-state index in [2.05, 4.69) is 10.2 Å². The van der Waals surface area contributed by atoms with Gasteiger partial charge >= 0.3 is 5.97 Å². The molecule has 2 aromatic heterocycles. The van der Waals surface area contributed by atoms with Crippen molar-refractivity contribution in [3.05, 3.63) is 81.8 Å². The van der Waals surface area contributed by atoms with E-state index >= 15 is 0 Å². The van der Waals surface area contributed by atoms with Gasteiger partial charge in [0.15, 0.2) is 5.16 Å². The van der Waals surface area contributed by atoms with Gasteiger partial charge in [0.25, 0.3) is 5.56 Å². The molecular weight excluding hydrogens is 428 g/mol. The van der Waals surface area contributed by atoms with Crippen LogP contribution in [0.5, 0.6) is 0 Å². The first-order chi connectivity index (χ1) is 15.6. The van der Waals surface area contributed by atoms with Crippen LogP contribution in [0.25, 0.3) is 10.9 Å². The topological polar surface area (TPSA) is 100 Å². The largest absolute Gasteiger partial charge is 0.465 e. The Morgan fingerprint density at radius 3 is 2.62 bits per heavy atom. The highest BCUT2D eigenvalue weighted by atomic mass is 32.2. The van der Waals surface area contributed by atoms with Crippen molar-refractivity contribution in [2.45, 2.75) is 37.2 Å². The van der Waals surface area contributed by atoms with Crippen LogP contribution in [0.15, 0.2) is 62.9 Å². The molecule has 0 aliphatic carbocycles. The second kappa shape index (κ2) is 9.78. The zero-order valence-corrected chi connectivity index (χ0v) is 18.6. The fourth-order valence-electron chi connectivity index (χ4n) is 3.25. The highest BCUT2D eigenvalue weighted by Crippen LogP contribution is 2.23. The summed E-state index contributed by atoms with van der Waals surface area (Å²) in [6.07, 6.45) is 1.34. The maximum absolute atomic E-state index is 13.3. The van der Waals surface area contributed by atoms with E-state index in [9.17, 15) is 9.59 Å². The second-order valence-corrected chi connectivity index (χ2v) is 7.98. The number of aromatic nitrogens is 4. The molecule has 0 aliphatic heterocycles. The van der Waals surface area contributed by atoms with Crippen molar-refractivity contribution < 1.29 is 13.9 Å². The summed E-state index contributed by atoms with van der Waals surface area (Å²) in [4.78, 5) is 29.9. The Bertz CT molecular complexity index is 1300. The summed E-state index contributed by atoms with van der Waals surface area (Å²) in [6.45, 7) is 2.41. The SMILES string of the molecule is CCc1nnc(CSc2nc3cc(C(=O)OC)ccc3c(=O)n2CCc2ccccc2)o1. The van der Waals surface area contributed by atoms with Gasteiger partial charge in [-0.3, -0.25) is 9.36 Å². The van der Waals surface area contributed by atoms with Gasteiger partial charge in [-0.15, -0.1) is 10.2 Å². The highest BCUT2D eigenvalue weighted by Gasteiger charge is 2.16. The third-order valence-electron chi connectivity index (χ3n) is 4.94. The molecule has 9 heteroatoms. The van der Waals surface area contributed by atoms with E-state index in [1.54, 1.807) is 22.8 Å². The van der Waals surface area contributed by atoms with Gasteiger partial charge in [-0.05, 0) is 30.2 Å². The zero-order valence-electron chi connectivity index (χ0n) is 17.8. The lowest BCUT2D eigenvalue weighted by Gasteiger charge is -2.13. The predicted octanol–water partition coefficient (Wildman–Crippen LogP) is 3.66. The van der Waals surface area contributed by atoms with Gasteiger partial charge in [-0.2, -0.15) is 0 Å². The number of benzene rings is 2. The summed E-state index contributed by atoms with van der Waals surface area (Å²) in [5.41, 5.74) is 1.75. The number of thioether (sulfide) groups is 1. The molecule has 4 aromatic rings. The first-order valence-corrected chi connectivity index (χ1v) is 11.2. The number of hydrogen-bond acceptors (Lipinski definition) is 8. The fraction of sp³-hybridized carbons (Fsp3) is 0.261. The van der Waals surface area contributed by atoms with Crippen LogP contribution in [0.1, 0.15) is 34.6 Å². The van der Waals surface area contributed by atoms with Crippen LogP contribution in [0.3, 0.4) is 0 Å². The molecule has 8 nitrogen and oxygen atoms in total. The van der Waals surface area contributed by atoms with Crippen molar-refractivity contribution >= 4 is 28.6 Å². The number of aryl methyl sites for hydroxylation is 2. The molecular formula is C23H22N4O4S. The summed E-state index contributed by atoms with van der Waals surface area (Å²) in [7, 11) is 1.32. The van der Waals surface area contributed by atoms with E-state index in [4.69, 9.17) is 14.1 Å². The summed E-state index contributed by atoms with van der Waals surface area (Å²) in [5.74, 6) is 0.942. The Kier molecular flexibility index (Phi) is 6.65. The van der Waals surface area contributed by atoms with Crippen molar-refractivity contribution in [1.29, 1.82) is 0 Å². The smallest absolute Gasteiger partial charge is 0.337 e. The van der Waals surface area contributed by atoms with E-state index in [1.807, 2.05) is 37.3 Å². The monoisotopic (exact) mass is 450 g/mol. The van der Waals surface area contributed by atoms with E-state index in [0.717, 1.165) is 5.56 Å².